The second kappa shape index (κ2) is 10.4. The van der Waals surface area contributed by atoms with Gasteiger partial charge in [0.1, 0.15) is 12.2 Å². The van der Waals surface area contributed by atoms with Crippen molar-refractivity contribution in [3.8, 4) is 0 Å². The molecule has 4 N–H and O–H groups in total. The molecular weight excluding hydrogens is 420 g/mol. The number of hydrogen-bond donors (Lipinski definition) is 4. The molecule has 0 aromatic carbocycles. The number of aliphatic hydroxyl groups is 3. The maximum atomic E-state index is 10.7. The van der Waals surface area contributed by atoms with E-state index in [9.17, 15) is 10.2 Å². The highest BCUT2D eigenvalue weighted by molar-refractivity contribution is 7.99. The number of aliphatic hydroxyl groups excluding tert-OH is 3. The fraction of sp³-hybridized carbons (Fsp3) is 0.800. The molecule has 0 spiro atoms. The van der Waals surface area contributed by atoms with Crippen LogP contribution in [0.25, 0.3) is 11.2 Å². The molecule has 2 aromatic heterocycles. The van der Waals surface area contributed by atoms with Gasteiger partial charge in [-0.25, -0.2) is 14.6 Å². The van der Waals surface area contributed by atoms with Gasteiger partial charge in [0, 0.05) is 18.2 Å². The van der Waals surface area contributed by atoms with E-state index in [1.54, 1.807) is 16.4 Å². The minimum atomic E-state index is -1.06. The Morgan fingerprint density at radius 3 is 2.71 bits per heavy atom. The van der Waals surface area contributed by atoms with Gasteiger partial charge in [-0.05, 0) is 19.3 Å². The molecule has 172 valence electrons. The van der Waals surface area contributed by atoms with Gasteiger partial charge >= 0.3 is 0 Å². The first-order valence-corrected chi connectivity index (χ1v) is 12.2. The van der Waals surface area contributed by atoms with Crippen LogP contribution in [0.4, 0.5) is 5.82 Å². The Kier molecular flexibility index (Phi) is 7.59. The fourth-order valence-electron chi connectivity index (χ4n) is 4.41. The highest BCUT2D eigenvalue weighted by Gasteiger charge is 2.44. The topological polar surface area (TPSA) is 138 Å². The van der Waals surface area contributed by atoms with Gasteiger partial charge < -0.3 is 25.4 Å². The average Bonchev–Trinajstić information content (AvgIpc) is 3.33. The minimum absolute atomic E-state index is 0.106. The summed E-state index contributed by atoms with van der Waals surface area (Å²) in [4.78, 5) is 9.42. The van der Waals surface area contributed by atoms with Crippen molar-refractivity contribution in [2.24, 2.45) is 0 Å². The van der Waals surface area contributed by atoms with Crippen LogP contribution in [0.15, 0.2) is 5.16 Å². The molecular formula is C20H32N6O4S. The normalized spacial score (nSPS) is 27.2. The third-order valence-electron chi connectivity index (χ3n) is 6.02. The number of hydrogen-bond acceptors (Lipinski definition) is 10. The Hall–Kier alpha value is -1.53. The van der Waals surface area contributed by atoms with Crippen molar-refractivity contribution < 1.29 is 20.1 Å². The molecule has 0 bridgehead atoms. The number of aromatic nitrogens is 5. The molecule has 10 nitrogen and oxygen atoms in total. The van der Waals surface area contributed by atoms with E-state index >= 15 is 0 Å². The van der Waals surface area contributed by atoms with Crippen LogP contribution >= 0.6 is 11.8 Å². The summed E-state index contributed by atoms with van der Waals surface area (Å²) in [5.74, 6) is 1.58. The lowest BCUT2D eigenvalue weighted by Crippen LogP contribution is -2.33. The summed E-state index contributed by atoms with van der Waals surface area (Å²) in [6.07, 6.45) is 4.54. The smallest absolute Gasteiger partial charge is 0.191 e. The Labute approximate surface area is 185 Å². The van der Waals surface area contributed by atoms with Gasteiger partial charge in [-0.1, -0.05) is 43.2 Å². The van der Waals surface area contributed by atoms with E-state index < -0.39 is 24.4 Å². The number of nitrogens with zero attached hydrogens (tertiary/aromatic N) is 5. The van der Waals surface area contributed by atoms with E-state index in [1.807, 2.05) is 0 Å². The van der Waals surface area contributed by atoms with Crippen molar-refractivity contribution in [3.63, 3.8) is 0 Å². The number of thioether (sulfide) groups is 1. The fourth-order valence-corrected chi connectivity index (χ4v) is 5.11. The van der Waals surface area contributed by atoms with E-state index in [2.05, 4.69) is 22.6 Å². The van der Waals surface area contributed by atoms with Crippen molar-refractivity contribution in [2.75, 3.05) is 24.3 Å². The average molecular weight is 453 g/mol. The standard InChI is InChI=1S/C20H32N6O4S/c1-2-10-31-20-22-18(21-12-6-4-3-5-7-12)15-19(23-20)26(25-24-15)13-11-14(30-9-8-27)17(29)16(13)28/h12-14,16-17,27-29H,2-11H2,1H3,(H,21,22,23)/t13-,14+,16+,17-/m1/s1. The second-order valence-corrected chi connectivity index (χ2v) is 9.37. The van der Waals surface area contributed by atoms with Gasteiger partial charge in [-0.2, -0.15) is 0 Å². The number of nitrogens with one attached hydrogen (secondary N) is 1. The van der Waals surface area contributed by atoms with Crippen molar-refractivity contribution in [1.29, 1.82) is 0 Å². The summed E-state index contributed by atoms with van der Waals surface area (Å²) in [6.45, 7) is 2.08. The Balaban J connectivity index is 1.65. The summed E-state index contributed by atoms with van der Waals surface area (Å²) >= 11 is 1.58. The van der Waals surface area contributed by atoms with E-state index in [-0.39, 0.29) is 13.2 Å². The first-order chi connectivity index (χ1) is 15.1. The zero-order valence-electron chi connectivity index (χ0n) is 17.9. The summed E-state index contributed by atoms with van der Waals surface area (Å²) < 4.78 is 7.10. The van der Waals surface area contributed by atoms with Crippen LogP contribution in [0, 0.1) is 0 Å². The zero-order chi connectivity index (χ0) is 21.8. The van der Waals surface area contributed by atoms with Crippen LogP contribution in [0.1, 0.15) is 57.9 Å². The van der Waals surface area contributed by atoms with E-state index in [0.717, 1.165) is 25.0 Å². The maximum Gasteiger partial charge on any atom is 0.191 e. The lowest BCUT2D eigenvalue weighted by molar-refractivity contribution is -0.0629. The van der Waals surface area contributed by atoms with Gasteiger partial charge in [0.25, 0.3) is 0 Å². The zero-order valence-corrected chi connectivity index (χ0v) is 18.7. The Morgan fingerprint density at radius 1 is 1.16 bits per heavy atom. The predicted molar refractivity (Wildman–Crippen MR) is 117 cm³/mol. The van der Waals surface area contributed by atoms with Crippen LogP contribution in [-0.4, -0.2) is 83.6 Å². The second-order valence-electron chi connectivity index (χ2n) is 8.31. The van der Waals surface area contributed by atoms with E-state index in [1.165, 1.54) is 19.3 Å². The third-order valence-corrected chi connectivity index (χ3v) is 7.07. The van der Waals surface area contributed by atoms with Crippen LogP contribution < -0.4 is 5.32 Å². The van der Waals surface area contributed by atoms with Crippen molar-refractivity contribution in [1.82, 2.24) is 25.0 Å². The molecule has 2 aliphatic carbocycles. The molecule has 4 atom stereocenters. The summed E-state index contributed by atoms with van der Waals surface area (Å²) in [5, 5.41) is 42.9. The molecule has 0 saturated heterocycles. The lowest BCUT2D eigenvalue weighted by Gasteiger charge is -2.23. The molecule has 0 unspecified atom stereocenters. The molecule has 2 heterocycles. The molecule has 2 saturated carbocycles. The first-order valence-electron chi connectivity index (χ1n) is 11.2. The van der Waals surface area contributed by atoms with Crippen molar-refractivity contribution >= 4 is 28.7 Å². The molecule has 0 amide bonds. The van der Waals surface area contributed by atoms with Crippen LogP contribution in [0.3, 0.4) is 0 Å². The molecule has 2 fully saturated rings. The summed E-state index contributed by atoms with van der Waals surface area (Å²) in [5.41, 5.74) is 1.12. The molecule has 11 heteroatoms. The van der Waals surface area contributed by atoms with Gasteiger partial charge in [0.05, 0.1) is 25.4 Å². The van der Waals surface area contributed by atoms with Gasteiger partial charge in [-0.15, -0.1) is 5.10 Å². The first kappa shape index (κ1) is 22.7. The lowest BCUT2D eigenvalue weighted by atomic mass is 9.95. The van der Waals surface area contributed by atoms with E-state index in [0.29, 0.717) is 34.6 Å². The number of anilines is 1. The molecule has 31 heavy (non-hydrogen) atoms. The highest BCUT2D eigenvalue weighted by Crippen LogP contribution is 2.35. The molecule has 0 radical (unpaired) electrons. The van der Waals surface area contributed by atoms with Crippen molar-refractivity contribution in [2.45, 2.75) is 87.4 Å². The molecule has 2 aromatic rings. The highest BCUT2D eigenvalue weighted by atomic mass is 32.2. The third kappa shape index (κ3) is 4.95. The monoisotopic (exact) mass is 452 g/mol. The van der Waals surface area contributed by atoms with Gasteiger partial charge in [0.2, 0.25) is 0 Å². The Bertz CT molecular complexity index is 862. The molecule has 0 aliphatic heterocycles. The quantitative estimate of drug-likeness (QED) is 0.327. The van der Waals surface area contributed by atoms with Crippen molar-refractivity contribution in [3.05, 3.63) is 0 Å². The number of rotatable bonds is 9. The van der Waals surface area contributed by atoms with Crippen LogP contribution in [0.2, 0.25) is 0 Å². The Morgan fingerprint density at radius 2 is 1.97 bits per heavy atom. The van der Waals surface area contributed by atoms with Gasteiger partial charge in [-0.3, -0.25) is 0 Å². The summed E-state index contributed by atoms with van der Waals surface area (Å²) in [6, 6.07) is -0.165. The van der Waals surface area contributed by atoms with Gasteiger partial charge in [0.15, 0.2) is 22.1 Å². The number of fused-ring (bicyclic) bond motifs is 1. The summed E-state index contributed by atoms with van der Waals surface area (Å²) in [7, 11) is 0. The largest absolute Gasteiger partial charge is 0.394 e. The van der Waals surface area contributed by atoms with Crippen LogP contribution in [-0.2, 0) is 4.74 Å². The SMILES string of the molecule is CCCSc1nc(NC2CCCCC2)c2nnn([C@@H]3C[C@H](OCCO)[C@@H](O)[C@H]3O)c2n1. The minimum Gasteiger partial charge on any atom is -0.394 e. The van der Waals surface area contributed by atoms with Crippen LogP contribution in [0.5, 0.6) is 0 Å². The predicted octanol–water partition coefficient (Wildman–Crippen LogP) is 1.51. The molecule has 2 aliphatic rings. The maximum absolute atomic E-state index is 10.7. The number of ether oxygens (including phenoxy) is 1. The molecule has 4 rings (SSSR count). The van der Waals surface area contributed by atoms with E-state index in [4.69, 9.17) is 19.8 Å².